The lowest BCUT2D eigenvalue weighted by molar-refractivity contribution is 0.0393. The lowest BCUT2D eigenvalue weighted by atomic mass is 10.3. The van der Waals surface area contributed by atoms with E-state index in [9.17, 15) is 8.42 Å². The van der Waals surface area contributed by atoms with E-state index >= 15 is 0 Å². The molecule has 6 nitrogen and oxygen atoms in total. The maximum atomic E-state index is 12.6. The number of anilines is 1. The van der Waals surface area contributed by atoms with Crippen molar-refractivity contribution in [3.05, 3.63) is 18.2 Å². The Morgan fingerprint density at radius 3 is 2.79 bits per heavy atom. The zero-order chi connectivity index (χ0) is 14.0. The van der Waals surface area contributed by atoms with Gasteiger partial charge in [-0.25, -0.2) is 8.42 Å². The summed E-state index contributed by atoms with van der Waals surface area (Å²) in [5, 5.41) is 0. The van der Waals surface area contributed by atoms with E-state index < -0.39 is 10.0 Å². The Hall–Kier alpha value is -1.31. The van der Waals surface area contributed by atoms with Crippen LogP contribution in [0, 0.1) is 0 Å². The lowest BCUT2D eigenvalue weighted by Gasteiger charge is -2.32. The van der Waals surface area contributed by atoms with Crippen LogP contribution in [0.2, 0.25) is 0 Å². The third-order valence-electron chi connectivity index (χ3n) is 3.11. The second kappa shape index (κ2) is 5.36. The molecule has 7 heteroatoms. The SMILES string of the molecule is COc1ccc(S(=O)(=O)N2CCOC[C@H]2C)c(N)c1. The second-order valence-electron chi connectivity index (χ2n) is 4.44. The highest BCUT2D eigenvalue weighted by atomic mass is 32.2. The van der Waals surface area contributed by atoms with E-state index in [-0.39, 0.29) is 16.6 Å². The summed E-state index contributed by atoms with van der Waals surface area (Å²) in [4.78, 5) is 0.113. The summed E-state index contributed by atoms with van der Waals surface area (Å²) < 4.78 is 36.8. The number of morpholine rings is 1. The van der Waals surface area contributed by atoms with Crippen molar-refractivity contribution in [3.63, 3.8) is 0 Å². The van der Waals surface area contributed by atoms with Gasteiger partial charge in [-0.3, -0.25) is 0 Å². The fraction of sp³-hybridized carbons (Fsp3) is 0.500. The number of nitrogens with two attached hydrogens (primary N) is 1. The van der Waals surface area contributed by atoms with Crippen LogP contribution in [-0.4, -0.2) is 45.6 Å². The molecule has 1 saturated heterocycles. The summed E-state index contributed by atoms with van der Waals surface area (Å²) in [5.74, 6) is 0.534. The van der Waals surface area contributed by atoms with Gasteiger partial charge in [0.1, 0.15) is 10.6 Å². The van der Waals surface area contributed by atoms with E-state index in [1.165, 1.54) is 23.5 Å². The van der Waals surface area contributed by atoms with E-state index in [1.807, 2.05) is 6.92 Å². The van der Waals surface area contributed by atoms with Gasteiger partial charge in [0.2, 0.25) is 10.0 Å². The van der Waals surface area contributed by atoms with Crippen molar-refractivity contribution in [2.45, 2.75) is 17.9 Å². The first-order valence-corrected chi connectivity index (χ1v) is 7.44. The van der Waals surface area contributed by atoms with Crippen molar-refractivity contribution in [2.75, 3.05) is 32.6 Å². The van der Waals surface area contributed by atoms with Gasteiger partial charge in [-0.1, -0.05) is 0 Å². The number of methoxy groups -OCH3 is 1. The number of nitrogen functional groups attached to an aromatic ring is 1. The molecule has 1 aromatic rings. The van der Waals surface area contributed by atoms with Crippen LogP contribution in [0.4, 0.5) is 5.69 Å². The van der Waals surface area contributed by atoms with Gasteiger partial charge >= 0.3 is 0 Å². The molecule has 1 heterocycles. The average Bonchev–Trinajstić information content (AvgIpc) is 2.38. The molecule has 0 radical (unpaired) electrons. The van der Waals surface area contributed by atoms with Gasteiger partial charge in [0.05, 0.1) is 26.0 Å². The van der Waals surface area contributed by atoms with Crippen molar-refractivity contribution in [3.8, 4) is 5.75 Å². The summed E-state index contributed by atoms with van der Waals surface area (Å²) in [6.45, 7) is 2.96. The third-order valence-corrected chi connectivity index (χ3v) is 5.20. The minimum Gasteiger partial charge on any atom is -0.497 e. The molecular formula is C12H18N2O4S. The van der Waals surface area contributed by atoms with Gasteiger partial charge < -0.3 is 15.2 Å². The highest BCUT2D eigenvalue weighted by Crippen LogP contribution is 2.28. The smallest absolute Gasteiger partial charge is 0.245 e. The Morgan fingerprint density at radius 1 is 1.47 bits per heavy atom. The van der Waals surface area contributed by atoms with Crippen molar-refractivity contribution in [2.24, 2.45) is 0 Å². The molecule has 2 N–H and O–H groups in total. The van der Waals surface area contributed by atoms with Crippen molar-refractivity contribution >= 4 is 15.7 Å². The van der Waals surface area contributed by atoms with Gasteiger partial charge in [-0.05, 0) is 19.1 Å². The van der Waals surface area contributed by atoms with Crippen LogP contribution in [-0.2, 0) is 14.8 Å². The largest absolute Gasteiger partial charge is 0.497 e. The van der Waals surface area contributed by atoms with Crippen LogP contribution in [0.1, 0.15) is 6.92 Å². The molecular weight excluding hydrogens is 268 g/mol. The molecule has 19 heavy (non-hydrogen) atoms. The first kappa shape index (κ1) is 14.1. The summed E-state index contributed by atoms with van der Waals surface area (Å²) >= 11 is 0. The van der Waals surface area contributed by atoms with Crippen LogP contribution >= 0.6 is 0 Å². The second-order valence-corrected chi connectivity index (χ2v) is 6.30. The number of sulfonamides is 1. The van der Waals surface area contributed by atoms with Gasteiger partial charge in [-0.15, -0.1) is 0 Å². The van der Waals surface area contributed by atoms with E-state index in [0.29, 0.717) is 25.5 Å². The Kier molecular flexibility index (Phi) is 3.98. The lowest BCUT2D eigenvalue weighted by Crippen LogP contribution is -2.47. The molecule has 1 fully saturated rings. The van der Waals surface area contributed by atoms with E-state index in [2.05, 4.69) is 0 Å². The predicted molar refractivity (Wildman–Crippen MR) is 71.6 cm³/mol. The quantitative estimate of drug-likeness (QED) is 0.827. The van der Waals surface area contributed by atoms with Gasteiger partial charge in [0, 0.05) is 18.7 Å². The van der Waals surface area contributed by atoms with Crippen LogP contribution in [0.5, 0.6) is 5.75 Å². The Morgan fingerprint density at radius 2 is 2.21 bits per heavy atom. The number of nitrogens with zero attached hydrogens (tertiary/aromatic N) is 1. The number of hydrogen-bond donors (Lipinski definition) is 1. The molecule has 0 spiro atoms. The van der Waals surface area contributed by atoms with Crippen LogP contribution in [0.15, 0.2) is 23.1 Å². The first-order valence-electron chi connectivity index (χ1n) is 6.00. The summed E-state index contributed by atoms with van der Waals surface area (Å²) in [6, 6.07) is 4.39. The minimum atomic E-state index is -3.59. The van der Waals surface area contributed by atoms with Crippen LogP contribution in [0.3, 0.4) is 0 Å². The molecule has 1 aliphatic heterocycles. The van der Waals surface area contributed by atoms with Crippen molar-refractivity contribution in [1.82, 2.24) is 4.31 Å². The molecule has 1 aliphatic rings. The molecule has 0 amide bonds. The normalized spacial score (nSPS) is 21.3. The molecule has 0 bridgehead atoms. The molecule has 0 saturated carbocycles. The third kappa shape index (κ3) is 2.68. The Bertz CT molecular complexity index is 559. The standard InChI is InChI=1S/C12H18N2O4S/c1-9-8-18-6-5-14(9)19(15,16)12-4-3-10(17-2)7-11(12)13/h3-4,7,9H,5-6,8,13H2,1-2H3/t9-/m1/s1. The van der Waals surface area contributed by atoms with E-state index in [4.69, 9.17) is 15.2 Å². The zero-order valence-corrected chi connectivity index (χ0v) is 11.8. The predicted octanol–water partition coefficient (Wildman–Crippen LogP) is 0.687. The number of rotatable bonds is 3. The highest BCUT2D eigenvalue weighted by Gasteiger charge is 2.32. The van der Waals surface area contributed by atoms with Crippen LogP contribution < -0.4 is 10.5 Å². The fourth-order valence-electron chi connectivity index (χ4n) is 2.08. The summed E-state index contributed by atoms with van der Waals surface area (Å²) in [7, 11) is -2.09. The summed E-state index contributed by atoms with van der Waals surface area (Å²) in [5.41, 5.74) is 6.01. The molecule has 0 aliphatic carbocycles. The van der Waals surface area contributed by atoms with Crippen molar-refractivity contribution < 1.29 is 17.9 Å². The monoisotopic (exact) mass is 286 g/mol. The number of benzene rings is 1. The van der Waals surface area contributed by atoms with Gasteiger partial charge in [-0.2, -0.15) is 4.31 Å². The molecule has 1 aromatic carbocycles. The fourth-order valence-corrected chi connectivity index (χ4v) is 3.78. The molecule has 0 aromatic heterocycles. The topological polar surface area (TPSA) is 81.9 Å². The highest BCUT2D eigenvalue weighted by molar-refractivity contribution is 7.89. The maximum Gasteiger partial charge on any atom is 0.245 e. The zero-order valence-electron chi connectivity index (χ0n) is 11.0. The molecule has 2 rings (SSSR count). The first-order chi connectivity index (χ1) is 8.96. The molecule has 106 valence electrons. The summed E-state index contributed by atoms with van der Waals surface area (Å²) in [6.07, 6.45) is 0. The minimum absolute atomic E-state index is 0.113. The van der Waals surface area contributed by atoms with Crippen molar-refractivity contribution in [1.29, 1.82) is 0 Å². The molecule has 0 unspecified atom stereocenters. The van der Waals surface area contributed by atoms with E-state index in [1.54, 1.807) is 6.07 Å². The average molecular weight is 286 g/mol. The molecule has 1 atom stereocenters. The Balaban J connectivity index is 2.38. The maximum absolute atomic E-state index is 12.6. The Labute approximate surface area is 113 Å². The van der Waals surface area contributed by atoms with Crippen LogP contribution in [0.25, 0.3) is 0 Å². The van der Waals surface area contributed by atoms with Gasteiger partial charge in [0.25, 0.3) is 0 Å². The number of ether oxygens (including phenoxy) is 2. The number of hydrogen-bond acceptors (Lipinski definition) is 5. The van der Waals surface area contributed by atoms with E-state index in [0.717, 1.165) is 0 Å². The van der Waals surface area contributed by atoms with Gasteiger partial charge in [0.15, 0.2) is 0 Å².